The van der Waals surface area contributed by atoms with Crippen LogP contribution < -0.4 is 10.6 Å². The van der Waals surface area contributed by atoms with Crippen molar-refractivity contribution in [2.24, 2.45) is 0 Å². The van der Waals surface area contributed by atoms with Crippen molar-refractivity contribution >= 4 is 34.6 Å². The minimum Gasteiger partial charge on any atom is -0.358 e. The summed E-state index contributed by atoms with van der Waals surface area (Å²) in [4.78, 5) is 4.04. The van der Waals surface area contributed by atoms with Gasteiger partial charge in [-0.15, -0.1) is 0 Å². The van der Waals surface area contributed by atoms with E-state index in [4.69, 9.17) is 23.8 Å². The van der Waals surface area contributed by atoms with E-state index in [0.717, 1.165) is 16.9 Å². The number of anilines is 1. The summed E-state index contributed by atoms with van der Waals surface area (Å²) in [6, 6.07) is 15.6. The molecule has 3 rings (SSSR count). The van der Waals surface area contributed by atoms with Gasteiger partial charge in [0.15, 0.2) is 5.11 Å². The van der Waals surface area contributed by atoms with E-state index in [9.17, 15) is 0 Å². The summed E-state index contributed by atoms with van der Waals surface area (Å²) in [6.07, 6.45) is 5.45. The molecule has 0 atom stereocenters. The molecule has 0 aliphatic heterocycles. The van der Waals surface area contributed by atoms with Gasteiger partial charge in [0.2, 0.25) is 0 Å². The highest BCUT2D eigenvalue weighted by Gasteiger charge is 2.00. The first kappa shape index (κ1) is 15.5. The second-order valence-corrected chi connectivity index (χ2v) is 5.80. The highest BCUT2D eigenvalue weighted by Crippen LogP contribution is 2.13. The monoisotopic (exact) mass is 342 g/mol. The van der Waals surface area contributed by atoms with Crippen molar-refractivity contribution in [3.8, 4) is 5.69 Å². The Morgan fingerprint density at radius 3 is 2.48 bits per heavy atom. The Morgan fingerprint density at radius 2 is 1.83 bits per heavy atom. The van der Waals surface area contributed by atoms with Crippen LogP contribution in [0.2, 0.25) is 5.02 Å². The quantitative estimate of drug-likeness (QED) is 0.703. The summed E-state index contributed by atoms with van der Waals surface area (Å²) in [5.41, 5.74) is 3.13. The van der Waals surface area contributed by atoms with E-state index < -0.39 is 0 Å². The average Bonchev–Trinajstić information content (AvgIpc) is 3.10. The highest BCUT2D eigenvalue weighted by molar-refractivity contribution is 7.80. The van der Waals surface area contributed by atoms with Gasteiger partial charge in [-0.25, -0.2) is 4.98 Å². The Hall–Kier alpha value is -2.37. The highest BCUT2D eigenvalue weighted by atomic mass is 35.5. The molecular weight excluding hydrogens is 328 g/mol. The van der Waals surface area contributed by atoms with Crippen molar-refractivity contribution in [2.75, 3.05) is 5.32 Å². The van der Waals surface area contributed by atoms with Crippen LogP contribution in [0.25, 0.3) is 5.69 Å². The fourth-order valence-corrected chi connectivity index (χ4v) is 2.40. The van der Waals surface area contributed by atoms with Crippen LogP contribution >= 0.6 is 23.8 Å². The minimum atomic E-state index is 0.575. The molecule has 0 bridgehead atoms. The molecule has 2 N–H and O–H groups in total. The molecule has 0 aliphatic rings. The second-order valence-electron chi connectivity index (χ2n) is 4.95. The van der Waals surface area contributed by atoms with E-state index in [2.05, 4.69) is 27.8 Å². The Bertz CT molecular complexity index is 767. The standard InChI is InChI=1S/C17H15ClN4S/c18-14-3-5-15(6-4-14)21-17(23)20-11-13-1-7-16(8-2-13)22-10-9-19-12-22/h1-10,12H,11H2,(H2,20,21,23). The number of imidazole rings is 1. The van der Waals surface area contributed by atoms with Gasteiger partial charge < -0.3 is 15.2 Å². The van der Waals surface area contributed by atoms with Crippen LogP contribution in [0, 0.1) is 0 Å². The maximum atomic E-state index is 5.86. The maximum absolute atomic E-state index is 5.86. The third-order valence-electron chi connectivity index (χ3n) is 3.29. The molecule has 0 radical (unpaired) electrons. The second kappa shape index (κ2) is 7.26. The first-order chi connectivity index (χ1) is 11.2. The summed E-state index contributed by atoms with van der Waals surface area (Å²) in [5, 5.41) is 7.58. The third kappa shape index (κ3) is 4.31. The van der Waals surface area contributed by atoms with Crippen molar-refractivity contribution in [1.82, 2.24) is 14.9 Å². The number of benzene rings is 2. The van der Waals surface area contributed by atoms with Crippen molar-refractivity contribution < 1.29 is 0 Å². The molecule has 0 fully saturated rings. The molecule has 6 heteroatoms. The molecule has 0 saturated heterocycles. The first-order valence-corrected chi connectivity index (χ1v) is 7.87. The van der Waals surface area contributed by atoms with Gasteiger partial charge in [-0.05, 0) is 54.2 Å². The summed E-state index contributed by atoms with van der Waals surface area (Å²) in [5.74, 6) is 0. The van der Waals surface area contributed by atoms with Crippen molar-refractivity contribution in [2.45, 2.75) is 6.54 Å². The molecule has 1 heterocycles. The van der Waals surface area contributed by atoms with Crippen LogP contribution in [-0.2, 0) is 6.54 Å². The van der Waals surface area contributed by atoms with E-state index in [0.29, 0.717) is 16.7 Å². The molecule has 23 heavy (non-hydrogen) atoms. The molecule has 0 amide bonds. The van der Waals surface area contributed by atoms with E-state index in [-0.39, 0.29) is 0 Å². The molecule has 116 valence electrons. The topological polar surface area (TPSA) is 41.9 Å². The lowest BCUT2D eigenvalue weighted by atomic mass is 10.2. The smallest absolute Gasteiger partial charge is 0.171 e. The molecule has 1 aromatic heterocycles. The van der Waals surface area contributed by atoms with E-state index in [1.54, 1.807) is 12.5 Å². The van der Waals surface area contributed by atoms with Crippen LogP contribution in [0.1, 0.15) is 5.56 Å². The zero-order chi connectivity index (χ0) is 16.1. The largest absolute Gasteiger partial charge is 0.358 e. The summed E-state index contributed by atoms with van der Waals surface area (Å²) in [7, 11) is 0. The Kier molecular flexibility index (Phi) is 4.90. The lowest BCUT2D eigenvalue weighted by Gasteiger charge is -2.11. The van der Waals surface area contributed by atoms with Crippen LogP contribution in [-0.4, -0.2) is 14.7 Å². The minimum absolute atomic E-state index is 0.575. The SMILES string of the molecule is S=C(NCc1ccc(-n2ccnc2)cc1)Nc1ccc(Cl)cc1. The number of hydrogen-bond acceptors (Lipinski definition) is 2. The van der Waals surface area contributed by atoms with Crippen LogP contribution in [0.3, 0.4) is 0 Å². The molecule has 0 spiro atoms. The lowest BCUT2D eigenvalue weighted by Crippen LogP contribution is -2.27. The number of aromatic nitrogens is 2. The average molecular weight is 343 g/mol. The number of nitrogens with one attached hydrogen (secondary N) is 2. The number of rotatable bonds is 4. The number of thiocarbonyl (C=S) groups is 1. The van der Waals surface area contributed by atoms with Gasteiger partial charge in [0.05, 0.1) is 6.33 Å². The van der Waals surface area contributed by atoms with Gasteiger partial charge in [0.1, 0.15) is 0 Å². The third-order valence-corrected chi connectivity index (χ3v) is 3.79. The van der Waals surface area contributed by atoms with Gasteiger partial charge in [-0.1, -0.05) is 23.7 Å². The zero-order valence-corrected chi connectivity index (χ0v) is 13.8. The van der Waals surface area contributed by atoms with Gasteiger partial charge in [0.25, 0.3) is 0 Å². The summed E-state index contributed by atoms with van der Waals surface area (Å²) in [6.45, 7) is 0.656. The molecule has 4 nitrogen and oxygen atoms in total. The molecule has 2 aromatic carbocycles. The predicted molar refractivity (Wildman–Crippen MR) is 98.1 cm³/mol. The van der Waals surface area contributed by atoms with E-state index >= 15 is 0 Å². The summed E-state index contributed by atoms with van der Waals surface area (Å²) >= 11 is 11.1. The maximum Gasteiger partial charge on any atom is 0.171 e. The van der Waals surface area contributed by atoms with Crippen LogP contribution in [0.15, 0.2) is 67.3 Å². The summed E-state index contributed by atoms with van der Waals surface area (Å²) < 4.78 is 1.96. The lowest BCUT2D eigenvalue weighted by molar-refractivity contribution is 0.923. The zero-order valence-electron chi connectivity index (χ0n) is 12.2. The number of halogens is 1. The van der Waals surface area contributed by atoms with Gasteiger partial charge in [-0.2, -0.15) is 0 Å². The Morgan fingerprint density at radius 1 is 1.09 bits per heavy atom. The van der Waals surface area contributed by atoms with Crippen molar-refractivity contribution in [3.05, 3.63) is 77.8 Å². The van der Waals surface area contributed by atoms with E-state index in [1.165, 1.54) is 0 Å². The predicted octanol–water partition coefficient (Wildman–Crippen LogP) is 4.01. The molecular formula is C17H15ClN4S. The molecule has 0 saturated carbocycles. The molecule has 3 aromatic rings. The van der Waals surface area contributed by atoms with E-state index in [1.807, 2.05) is 47.2 Å². The van der Waals surface area contributed by atoms with Crippen LogP contribution in [0.5, 0.6) is 0 Å². The fraction of sp³-hybridized carbons (Fsp3) is 0.0588. The Labute approximate surface area is 145 Å². The Balaban J connectivity index is 1.53. The molecule has 0 unspecified atom stereocenters. The number of nitrogens with zero attached hydrogens (tertiary/aromatic N) is 2. The van der Waals surface area contributed by atoms with Crippen LogP contribution in [0.4, 0.5) is 5.69 Å². The van der Waals surface area contributed by atoms with Gasteiger partial charge >= 0.3 is 0 Å². The normalized spacial score (nSPS) is 10.3. The fourth-order valence-electron chi connectivity index (χ4n) is 2.09. The first-order valence-electron chi connectivity index (χ1n) is 7.08. The van der Waals surface area contributed by atoms with Gasteiger partial charge in [-0.3, -0.25) is 0 Å². The van der Waals surface area contributed by atoms with Crippen molar-refractivity contribution in [1.29, 1.82) is 0 Å². The molecule has 0 aliphatic carbocycles. The number of hydrogen-bond donors (Lipinski definition) is 2. The van der Waals surface area contributed by atoms with Gasteiger partial charge in [0, 0.05) is 35.3 Å². The van der Waals surface area contributed by atoms with Crippen molar-refractivity contribution in [3.63, 3.8) is 0 Å².